The van der Waals surface area contributed by atoms with E-state index in [9.17, 15) is 0 Å². The van der Waals surface area contributed by atoms with Crippen LogP contribution in [0.2, 0.25) is 0 Å². The van der Waals surface area contributed by atoms with Gasteiger partial charge in [0.05, 0.1) is 0 Å². The number of nitrogens with zero attached hydrogens (tertiary/aromatic N) is 1. The summed E-state index contributed by atoms with van der Waals surface area (Å²) in [4.78, 5) is 3.70. The third kappa shape index (κ3) is 4.51. The first-order valence-electron chi connectivity index (χ1n) is 8.35. The lowest BCUT2D eigenvalue weighted by Crippen LogP contribution is -2.42. The Morgan fingerprint density at radius 2 is 1.88 bits per heavy atom. The van der Waals surface area contributed by atoms with Crippen molar-refractivity contribution >= 4 is 11.8 Å². The monoisotopic (exact) mass is 343 g/mol. The lowest BCUT2D eigenvalue weighted by atomic mass is 10.1. The van der Waals surface area contributed by atoms with Gasteiger partial charge in [-0.05, 0) is 48.2 Å². The van der Waals surface area contributed by atoms with Crippen LogP contribution in [0.15, 0.2) is 47.4 Å². The molecule has 3 rings (SSSR count). The molecule has 0 atom stereocenters. The van der Waals surface area contributed by atoms with Crippen LogP contribution in [0, 0.1) is 0 Å². The number of piperazine rings is 1. The highest BCUT2D eigenvalue weighted by atomic mass is 32.2. The van der Waals surface area contributed by atoms with Gasteiger partial charge in [-0.1, -0.05) is 6.07 Å². The van der Waals surface area contributed by atoms with Crippen molar-refractivity contribution in [1.29, 1.82) is 0 Å². The second kappa shape index (κ2) is 8.53. The van der Waals surface area contributed by atoms with Gasteiger partial charge < -0.3 is 15.8 Å². The summed E-state index contributed by atoms with van der Waals surface area (Å²) in [6, 6.07) is 14.5. The van der Waals surface area contributed by atoms with Crippen LogP contribution in [-0.2, 0) is 13.1 Å². The first-order valence-corrected chi connectivity index (χ1v) is 9.58. The molecule has 0 aromatic heterocycles. The maximum absolute atomic E-state index is 6.03. The van der Waals surface area contributed by atoms with E-state index in [2.05, 4.69) is 40.7 Å². The normalized spacial score (nSPS) is 15.4. The molecule has 1 aliphatic heterocycles. The fourth-order valence-corrected chi connectivity index (χ4v) is 3.30. The second-order valence-corrected chi connectivity index (χ2v) is 6.83. The molecule has 0 unspecified atom stereocenters. The topological polar surface area (TPSA) is 50.5 Å². The molecule has 0 saturated carbocycles. The summed E-state index contributed by atoms with van der Waals surface area (Å²) in [5, 5.41) is 3.38. The Morgan fingerprint density at radius 1 is 1.12 bits per heavy atom. The average Bonchev–Trinajstić information content (AvgIpc) is 2.64. The standard InChI is InChI=1S/C19H25N3OS/c1-24-18-5-3-17(4-6-18)23-19-7-2-15(12-16(19)13-20)14-22-10-8-21-9-11-22/h2-7,12,21H,8-11,13-14,20H2,1H3. The van der Waals surface area contributed by atoms with Crippen molar-refractivity contribution in [1.82, 2.24) is 10.2 Å². The van der Waals surface area contributed by atoms with Crippen LogP contribution in [0.25, 0.3) is 0 Å². The molecule has 3 N–H and O–H groups in total. The van der Waals surface area contributed by atoms with Crippen LogP contribution >= 0.6 is 11.8 Å². The Bertz CT molecular complexity index is 654. The van der Waals surface area contributed by atoms with Crippen molar-refractivity contribution in [2.75, 3.05) is 32.4 Å². The van der Waals surface area contributed by atoms with Gasteiger partial charge in [-0.3, -0.25) is 4.90 Å². The quantitative estimate of drug-likeness (QED) is 0.790. The highest BCUT2D eigenvalue weighted by Gasteiger charge is 2.12. The molecule has 1 heterocycles. The fraction of sp³-hybridized carbons (Fsp3) is 0.368. The highest BCUT2D eigenvalue weighted by Crippen LogP contribution is 2.28. The van der Waals surface area contributed by atoms with Crippen molar-refractivity contribution in [2.24, 2.45) is 5.73 Å². The molecule has 1 saturated heterocycles. The van der Waals surface area contributed by atoms with Gasteiger partial charge in [0.15, 0.2) is 0 Å². The Labute approximate surface area is 148 Å². The maximum atomic E-state index is 6.03. The van der Waals surface area contributed by atoms with Gasteiger partial charge in [-0.2, -0.15) is 0 Å². The molecule has 1 fully saturated rings. The fourth-order valence-electron chi connectivity index (χ4n) is 2.89. The van der Waals surface area contributed by atoms with Crippen molar-refractivity contribution in [3.63, 3.8) is 0 Å². The predicted molar refractivity (Wildman–Crippen MR) is 101 cm³/mol. The Morgan fingerprint density at radius 3 is 2.54 bits per heavy atom. The Hall–Kier alpha value is -1.53. The van der Waals surface area contributed by atoms with Gasteiger partial charge in [0.1, 0.15) is 11.5 Å². The second-order valence-electron chi connectivity index (χ2n) is 5.95. The summed E-state index contributed by atoms with van der Waals surface area (Å²) >= 11 is 1.73. The van der Waals surface area contributed by atoms with Crippen molar-refractivity contribution in [3.05, 3.63) is 53.6 Å². The van der Waals surface area contributed by atoms with Crippen LogP contribution in [0.4, 0.5) is 0 Å². The molecule has 2 aromatic carbocycles. The van der Waals surface area contributed by atoms with Crippen molar-refractivity contribution < 1.29 is 4.74 Å². The largest absolute Gasteiger partial charge is 0.457 e. The zero-order chi connectivity index (χ0) is 16.8. The summed E-state index contributed by atoms with van der Waals surface area (Å²) in [7, 11) is 0. The number of hydrogen-bond acceptors (Lipinski definition) is 5. The molecular weight excluding hydrogens is 318 g/mol. The van der Waals surface area contributed by atoms with Gasteiger partial charge in [-0.25, -0.2) is 0 Å². The van der Waals surface area contributed by atoms with E-state index in [1.165, 1.54) is 10.5 Å². The first-order chi connectivity index (χ1) is 11.8. The smallest absolute Gasteiger partial charge is 0.131 e. The molecule has 0 bridgehead atoms. The van der Waals surface area contributed by atoms with E-state index >= 15 is 0 Å². The van der Waals surface area contributed by atoms with Gasteiger partial charge in [0.2, 0.25) is 0 Å². The number of nitrogens with two attached hydrogens (primary N) is 1. The minimum atomic E-state index is 0.480. The van der Waals surface area contributed by atoms with Crippen LogP contribution in [-0.4, -0.2) is 37.3 Å². The SMILES string of the molecule is CSc1ccc(Oc2ccc(CN3CCNCC3)cc2CN)cc1. The summed E-state index contributed by atoms with van der Waals surface area (Å²) < 4.78 is 6.03. The van der Waals surface area contributed by atoms with Crippen LogP contribution in [0.1, 0.15) is 11.1 Å². The molecule has 24 heavy (non-hydrogen) atoms. The number of rotatable bonds is 6. The lowest BCUT2D eigenvalue weighted by molar-refractivity contribution is 0.233. The van der Waals surface area contributed by atoms with Crippen molar-refractivity contribution in [3.8, 4) is 11.5 Å². The molecule has 5 heteroatoms. The predicted octanol–water partition coefficient (Wildman–Crippen LogP) is 3.06. The van der Waals surface area contributed by atoms with E-state index in [-0.39, 0.29) is 0 Å². The van der Waals surface area contributed by atoms with Gasteiger partial charge >= 0.3 is 0 Å². The first kappa shape index (κ1) is 17.3. The third-order valence-electron chi connectivity index (χ3n) is 4.25. The van der Waals surface area contributed by atoms with Crippen LogP contribution < -0.4 is 15.8 Å². The molecule has 4 nitrogen and oxygen atoms in total. The molecule has 1 aliphatic rings. The summed E-state index contributed by atoms with van der Waals surface area (Å²) in [6.45, 7) is 5.77. The zero-order valence-electron chi connectivity index (χ0n) is 14.1. The van der Waals surface area contributed by atoms with Crippen LogP contribution in [0.3, 0.4) is 0 Å². The minimum absolute atomic E-state index is 0.480. The van der Waals surface area contributed by atoms with E-state index < -0.39 is 0 Å². The Balaban J connectivity index is 1.70. The van der Waals surface area contributed by atoms with Crippen LogP contribution in [0.5, 0.6) is 11.5 Å². The van der Waals surface area contributed by atoms with E-state index in [0.29, 0.717) is 6.54 Å². The molecule has 0 aliphatic carbocycles. The van der Waals surface area contributed by atoms with E-state index in [1.54, 1.807) is 11.8 Å². The molecule has 0 amide bonds. The van der Waals surface area contributed by atoms with Gasteiger partial charge in [-0.15, -0.1) is 11.8 Å². The zero-order valence-corrected chi connectivity index (χ0v) is 14.9. The minimum Gasteiger partial charge on any atom is -0.457 e. The third-order valence-corrected chi connectivity index (χ3v) is 4.99. The van der Waals surface area contributed by atoms with Gasteiger partial charge in [0.25, 0.3) is 0 Å². The molecule has 2 aromatic rings. The maximum Gasteiger partial charge on any atom is 0.131 e. The Kier molecular flexibility index (Phi) is 6.15. The lowest BCUT2D eigenvalue weighted by Gasteiger charge is -2.27. The number of nitrogens with one attached hydrogen (secondary N) is 1. The number of thioether (sulfide) groups is 1. The number of benzene rings is 2. The number of hydrogen-bond donors (Lipinski definition) is 2. The highest BCUT2D eigenvalue weighted by molar-refractivity contribution is 7.98. The van der Waals surface area contributed by atoms with E-state index in [4.69, 9.17) is 10.5 Å². The molecule has 128 valence electrons. The van der Waals surface area contributed by atoms with E-state index in [0.717, 1.165) is 49.8 Å². The summed E-state index contributed by atoms with van der Waals surface area (Å²) in [6.07, 6.45) is 2.07. The number of ether oxygens (including phenoxy) is 1. The molecule has 0 spiro atoms. The van der Waals surface area contributed by atoms with Gasteiger partial charge in [0, 0.05) is 49.7 Å². The van der Waals surface area contributed by atoms with Crippen molar-refractivity contribution in [2.45, 2.75) is 18.0 Å². The summed E-state index contributed by atoms with van der Waals surface area (Å²) in [5.41, 5.74) is 8.29. The average molecular weight is 343 g/mol. The van der Waals surface area contributed by atoms with E-state index in [1.807, 2.05) is 18.2 Å². The summed E-state index contributed by atoms with van der Waals surface area (Å²) in [5.74, 6) is 1.69. The molecular formula is C19H25N3OS. The molecule has 0 radical (unpaired) electrons.